The van der Waals surface area contributed by atoms with E-state index in [9.17, 15) is 5.26 Å². The Hall–Kier alpha value is -3.75. The lowest BCUT2D eigenvalue weighted by Crippen LogP contribution is -2.38. The molecular formula is C29H32N8O2S. The molecule has 10 nitrogen and oxygen atoms in total. The predicted octanol–water partition coefficient (Wildman–Crippen LogP) is 4.86. The molecule has 0 bridgehead atoms. The lowest BCUT2D eigenvalue weighted by atomic mass is 9.63. The van der Waals surface area contributed by atoms with Crippen LogP contribution in [-0.2, 0) is 18.3 Å². The van der Waals surface area contributed by atoms with E-state index in [2.05, 4.69) is 40.3 Å². The maximum atomic E-state index is 10.0. The van der Waals surface area contributed by atoms with E-state index < -0.39 is 5.41 Å². The summed E-state index contributed by atoms with van der Waals surface area (Å²) < 4.78 is 12.7. The molecule has 1 saturated heterocycles. The Morgan fingerprint density at radius 2 is 2.12 bits per heavy atom. The van der Waals surface area contributed by atoms with E-state index in [1.165, 1.54) is 11.3 Å². The number of aromatic nitrogens is 5. The molecule has 0 radical (unpaired) electrons. The lowest BCUT2D eigenvalue weighted by molar-refractivity contribution is 0.117. The minimum atomic E-state index is -0.394. The van der Waals surface area contributed by atoms with Crippen LogP contribution in [0.5, 0.6) is 5.88 Å². The maximum absolute atomic E-state index is 10.0. The minimum Gasteiger partial charge on any atom is -0.473 e. The molecule has 3 N–H and O–H groups in total. The van der Waals surface area contributed by atoms with Gasteiger partial charge in [0.25, 0.3) is 0 Å². The van der Waals surface area contributed by atoms with Gasteiger partial charge >= 0.3 is 0 Å². The number of nitrogen functional groups attached to an aromatic ring is 1. The smallest absolute Gasteiger partial charge is 0.217 e. The second-order valence-corrected chi connectivity index (χ2v) is 12.4. The van der Waals surface area contributed by atoms with Gasteiger partial charge < -0.3 is 15.0 Å². The van der Waals surface area contributed by atoms with E-state index in [-0.39, 0.29) is 6.10 Å². The average molecular weight is 557 g/mol. The number of nitrogens with two attached hydrogens (primary N) is 1. The topological polar surface area (TPSA) is 143 Å². The molecule has 0 aromatic carbocycles. The van der Waals surface area contributed by atoms with Crippen LogP contribution in [0.1, 0.15) is 72.8 Å². The molecule has 3 atom stereocenters. The number of fused-ring (bicyclic) bond motifs is 4. The van der Waals surface area contributed by atoms with Gasteiger partial charge in [-0.1, -0.05) is 5.16 Å². The van der Waals surface area contributed by atoms with Crippen molar-refractivity contribution in [2.75, 3.05) is 19.3 Å². The number of anilines is 1. The highest BCUT2D eigenvalue weighted by atomic mass is 32.1. The highest BCUT2D eigenvalue weighted by Gasteiger charge is 2.48. The Morgan fingerprint density at radius 1 is 1.27 bits per heavy atom. The molecule has 0 unspecified atom stereocenters. The van der Waals surface area contributed by atoms with Gasteiger partial charge in [0.2, 0.25) is 5.88 Å². The first-order chi connectivity index (χ1) is 19.5. The third kappa shape index (κ3) is 3.92. The molecule has 1 fully saturated rings. The minimum absolute atomic E-state index is 0.0314. The molecule has 206 valence electrons. The van der Waals surface area contributed by atoms with E-state index in [1.54, 1.807) is 17.5 Å². The molecule has 3 aliphatic rings. The molecule has 40 heavy (non-hydrogen) atoms. The van der Waals surface area contributed by atoms with Gasteiger partial charge in [0, 0.05) is 34.3 Å². The third-order valence-corrected chi connectivity index (χ3v) is 10.1. The molecule has 0 amide bonds. The fourth-order valence-corrected chi connectivity index (χ4v) is 8.31. The van der Waals surface area contributed by atoms with Crippen LogP contribution >= 0.6 is 11.3 Å². The standard InChI is InChI=1S/C29H32N8O2S/c1-16(21-7-5-11-37(21)2)38-23-12-20(17-14-32-33-15-17)34-28(35-23)25-18-6-3-9-29(26(18)39-36-25)10-4-8-22-24(29)19(13-30)27(31)40-22/h12,14-16,21H,3-11,31H2,1-2H3,(H,32,33)/t16-,21-,29-/m0/s1. The summed E-state index contributed by atoms with van der Waals surface area (Å²) in [5.41, 5.74) is 10.8. The van der Waals surface area contributed by atoms with Crippen molar-refractivity contribution in [3.63, 3.8) is 0 Å². The van der Waals surface area contributed by atoms with Gasteiger partial charge in [-0.15, -0.1) is 11.3 Å². The summed E-state index contributed by atoms with van der Waals surface area (Å²) in [7, 11) is 2.15. The molecule has 2 aliphatic carbocycles. The van der Waals surface area contributed by atoms with Gasteiger partial charge in [0.05, 0.1) is 22.9 Å². The molecule has 1 spiro atoms. The van der Waals surface area contributed by atoms with Crippen molar-refractivity contribution in [3.8, 4) is 34.7 Å². The first-order valence-corrected chi connectivity index (χ1v) is 14.9. The Balaban J connectivity index is 1.33. The van der Waals surface area contributed by atoms with Crippen LogP contribution in [0.4, 0.5) is 5.00 Å². The molecule has 4 aromatic rings. The monoisotopic (exact) mass is 556 g/mol. The second kappa shape index (κ2) is 9.71. The SMILES string of the molecule is C[C@H](Oc1cc(-c2cn[nH]c2)nc(-c2noc3c2CCC[C@@]32CCCc3sc(N)c(C#N)c32)n1)[C@@H]1CCCN1C. The third-order valence-electron chi connectivity index (χ3n) is 8.99. The van der Waals surface area contributed by atoms with Crippen molar-refractivity contribution in [2.45, 2.75) is 75.9 Å². The van der Waals surface area contributed by atoms with Crippen LogP contribution in [0.15, 0.2) is 23.0 Å². The van der Waals surface area contributed by atoms with Crippen LogP contribution in [-0.4, -0.2) is 56.0 Å². The summed E-state index contributed by atoms with van der Waals surface area (Å²) in [5.74, 6) is 1.82. The average Bonchev–Trinajstić information content (AvgIpc) is 3.75. The van der Waals surface area contributed by atoms with E-state index >= 15 is 0 Å². The number of hydrogen-bond donors (Lipinski definition) is 2. The number of hydrogen-bond acceptors (Lipinski definition) is 10. The van der Waals surface area contributed by atoms with Crippen LogP contribution < -0.4 is 10.5 Å². The zero-order valence-corrected chi connectivity index (χ0v) is 23.6. The largest absolute Gasteiger partial charge is 0.473 e. The van der Waals surface area contributed by atoms with Crippen LogP contribution in [0, 0.1) is 11.3 Å². The van der Waals surface area contributed by atoms with Crippen molar-refractivity contribution in [3.05, 3.63) is 45.8 Å². The number of ether oxygens (including phenoxy) is 1. The van der Waals surface area contributed by atoms with Gasteiger partial charge in [-0.05, 0) is 77.4 Å². The summed E-state index contributed by atoms with van der Waals surface area (Å²) in [6.07, 6.45) is 11.3. The van der Waals surface area contributed by atoms with Crippen molar-refractivity contribution in [1.29, 1.82) is 5.26 Å². The van der Waals surface area contributed by atoms with Crippen molar-refractivity contribution in [1.82, 2.24) is 30.2 Å². The molecule has 0 saturated carbocycles. The summed E-state index contributed by atoms with van der Waals surface area (Å²) in [6.45, 7) is 3.18. The Morgan fingerprint density at radius 3 is 2.88 bits per heavy atom. The van der Waals surface area contributed by atoms with Crippen LogP contribution in [0.25, 0.3) is 22.8 Å². The normalized spacial score (nSPS) is 23.1. The van der Waals surface area contributed by atoms with Gasteiger partial charge in [-0.3, -0.25) is 10.00 Å². The Labute approximate surface area is 236 Å². The predicted molar refractivity (Wildman–Crippen MR) is 151 cm³/mol. The number of aryl methyl sites for hydroxylation is 1. The Kier molecular flexibility index (Phi) is 6.13. The quantitative estimate of drug-likeness (QED) is 0.352. The number of likely N-dealkylation sites (N-methyl/N-ethyl adjacent to an activating group) is 1. The number of likely N-dealkylation sites (tertiary alicyclic amines) is 1. The molecule has 5 heterocycles. The molecule has 7 rings (SSSR count). The number of rotatable bonds is 5. The highest BCUT2D eigenvalue weighted by molar-refractivity contribution is 7.16. The first kappa shape index (κ1) is 25.2. The summed E-state index contributed by atoms with van der Waals surface area (Å²) >= 11 is 1.54. The van der Waals surface area contributed by atoms with Gasteiger partial charge in [0.15, 0.2) is 17.3 Å². The van der Waals surface area contributed by atoms with Gasteiger partial charge in [-0.25, -0.2) is 4.98 Å². The lowest BCUT2D eigenvalue weighted by Gasteiger charge is -2.39. The number of nitriles is 1. The van der Waals surface area contributed by atoms with Crippen molar-refractivity contribution < 1.29 is 9.26 Å². The van der Waals surface area contributed by atoms with E-state index in [0.29, 0.717) is 39.7 Å². The fourth-order valence-electron chi connectivity index (χ4n) is 7.15. The van der Waals surface area contributed by atoms with Gasteiger partial charge in [0.1, 0.15) is 17.2 Å². The molecule has 1 aliphatic heterocycles. The van der Waals surface area contributed by atoms with Gasteiger partial charge in [-0.2, -0.15) is 15.3 Å². The van der Waals surface area contributed by atoms with Crippen molar-refractivity contribution in [2.24, 2.45) is 0 Å². The number of aromatic amines is 1. The molecule has 11 heteroatoms. The maximum Gasteiger partial charge on any atom is 0.217 e. The summed E-state index contributed by atoms with van der Waals surface area (Å²) in [6, 6.07) is 4.59. The fraction of sp³-hybridized carbons (Fsp3) is 0.483. The zero-order chi connectivity index (χ0) is 27.4. The van der Waals surface area contributed by atoms with Crippen LogP contribution in [0.2, 0.25) is 0 Å². The number of nitrogens with zero attached hydrogens (tertiary/aromatic N) is 6. The summed E-state index contributed by atoms with van der Waals surface area (Å²) in [5, 5.41) is 22.2. The van der Waals surface area contributed by atoms with Crippen LogP contribution in [0.3, 0.4) is 0 Å². The zero-order valence-electron chi connectivity index (χ0n) is 22.7. The second-order valence-electron chi connectivity index (χ2n) is 11.3. The molecular weight excluding hydrogens is 524 g/mol. The highest BCUT2D eigenvalue weighted by Crippen LogP contribution is 2.55. The number of H-pyrrole nitrogens is 1. The number of nitrogens with one attached hydrogen (secondary N) is 1. The number of thiophene rings is 1. The summed E-state index contributed by atoms with van der Waals surface area (Å²) in [4.78, 5) is 13.3. The van der Waals surface area contributed by atoms with E-state index in [0.717, 1.165) is 73.9 Å². The van der Waals surface area contributed by atoms with E-state index in [4.69, 9.17) is 25.0 Å². The Bertz CT molecular complexity index is 1600. The first-order valence-electron chi connectivity index (χ1n) is 14.0. The van der Waals surface area contributed by atoms with E-state index in [1.807, 2.05) is 12.3 Å². The van der Waals surface area contributed by atoms with Crippen molar-refractivity contribution >= 4 is 16.3 Å². The molecule has 4 aromatic heterocycles.